The van der Waals surface area contributed by atoms with Crippen LogP contribution in [0.4, 0.5) is 0 Å². The summed E-state index contributed by atoms with van der Waals surface area (Å²) in [6.07, 6.45) is 9.56. The number of phenolic OH excluding ortho intramolecular Hbond substituents is 1. The van der Waals surface area contributed by atoms with E-state index < -0.39 is 17.3 Å². The molecule has 0 saturated carbocycles. The molecule has 0 spiro atoms. The van der Waals surface area contributed by atoms with Crippen molar-refractivity contribution >= 4 is 23.2 Å². The Hall–Kier alpha value is -4.64. The Morgan fingerprint density at radius 2 is 1.56 bits per heavy atom. The molecule has 0 heterocycles. The van der Waals surface area contributed by atoms with Gasteiger partial charge in [0.2, 0.25) is 5.75 Å². The van der Waals surface area contributed by atoms with Gasteiger partial charge in [-0.15, -0.1) is 0 Å². The number of hydrogen-bond acceptors (Lipinski definition) is 5. The highest BCUT2D eigenvalue weighted by Crippen LogP contribution is 2.54. The fraction of sp³-hybridized carbons (Fsp3) is 0.176. The summed E-state index contributed by atoms with van der Waals surface area (Å²) in [6.45, 7) is 4.04. The van der Waals surface area contributed by atoms with E-state index in [9.17, 15) is 14.7 Å². The largest absolute Gasteiger partial charge is 0.502 e. The first kappa shape index (κ1) is 26.0. The Bertz CT molecular complexity index is 1490. The minimum atomic E-state index is -1.14. The molecule has 2 aliphatic rings. The third-order valence-corrected chi connectivity index (χ3v) is 7.81. The molecular weight excluding hydrogens is 488 g/mol. The highest BCUT2D eigenvalue weighted by atomic mass is 16.5. The number of Topliss-reactive ketones (excluding diaryl/α,β-unsaturated/α-hetero) is 1. The van der Waals surface area contributed by atoms with E-state index in [4.69, 9.17) is 9.47 Å². The average molecular weight is 519 g/mol. The lowest BCUT2D eigenvalue weighted by Gasteiger charge is -2.48. The van der Waals surface area contributed by atoms with Crippen molar-refractivity contribution in [3.8, 4) is 17.2 Å². The number of allylic oxidation sites excluding steroid dienone is 6. The van der Waals surface area contributed by atoms with Gasteiger partial charge in [-0.05, 0) is 46.9 Å². The number of aromatic hydroxyl groups is 1. The Morgan fingerprint density at radius 1 is 0.949 bits per heavy atom. The molecule has 1 N–H and O–H groups in total. The van der Waals surface area contributed by atoms with Crippen LogP contribution in [0, 0.1) is 11.8 Å². The lowest BCUT2D eigenvalue weighted by atomic mass is 9.51. The maximum absolute atomic E-state index is 14.4. The molecule has 5 heteroatoms. The average Bonchev–Trinajstić information content (AvgIpc) is 2.98. The van der Waals surface area contributed by atoms with Crippen molar-refractivity contribution in [2.75, 3.05) is 14.2 Å². The Kier molecular flexibility index (Phi) is 7.07. The predicted octanol–water partition coefficient (Wildman–Crippen LogP) is 6.34. The first-order valence-corrected chi connectivity index (χ1v) is 12.8. The lowest BCUT2D eigenvalue weighted by Crippen LogP contribution is -2.55. The molecule has 5 nitrogen and oxygen atoms in total. The molecule has 2 aliphatic carbocycles. The first-order chi connectivity index (χ1) is 18.9. The first-order valence-electron chi connectivity index (χ1n) is 12.8. The molecule has 3 aromatic carbocycles. The number of benzene rings is 3. The molecule has 39 heavy (non-hydrogen) atoms. The van der Waals surface area contributed by atoms with Crippen molar-refractivity contribution < 1.29 is 24.2 Å². The van der Waals surface area contributed by atoms with E-state index in [0.717, 1.165) is 16.7 Å². The van der Waals surface area contributed by atoms with Crippen LogP contribution in [0.5, 0.6) is 17.2 Å². The zero-order valence-electron chi connectivity index (χ0n) is 22.0. The molecule has 3 aromatic rings. The van der Waals surface area contributed by atoms with E-state index in [1.165, 1.54) is 20.3 Å². The number of ketones is 2. The third kappa shape index (κ3) is 4.30. The van der Waals surface area contributed by atoms with Gasteiger partial charge in [-0.25, -0.2) is 0 Å². The minimum absolute atomic E-state index is 0.0459. The molecule has 0 bridgehead atoms. The molecule has 5 rings (SSSR count). The Labute approximate surface area is 228 Å². The summed E-state index contributed by atoms with van der Waals surface area (Å²) in [4.78, 5) is 28.6. The van der Waals surface area contributed by atoms with Crippen LogP contribution in [0.15, 0.2) is 109 Å². The van der Waals surface area contributed by atoms with Crippen molar-refractivity contribution in [3.63, 3.8) is 0 Å². The topological polar surface area (TPSA) is 72.8 Å². The van der Waals surface area contributed by atoms with Crippen LogP contribution < -0.4 is 9.47 Å². The monoisotopic (exact) mass is 518 g/mol. The van der Waals surface area contributed by atoms with Crippen LogP contribution >= 0.6 is 0 Å². The van der Waals surface area contributed by atoms with Crippen LogP contribution in [0.1, 0.15) is 23.1 Å². The zero-order valence-corrected chi connectivity index (χ0v) is 22.0. The van der Waals surface area contributed by atoms with E-state index in [-0.39, 0.29) is 28.8 Å². The van der Waals surface area contributed by atoms with Crippen molar-refractivity contribution in [1.29, 1.82) is 0 Å². The van der Waals surface area contributed by atoms with Gasteiger partial charge in [-0.3, -0.25) is 9.59 Å². The second kappa shape index (κ2) is 10.6. The minimum Gasteiger partial charge on any atom is -0.502 e. The third-order valence-electron chi connectivity index (χ3n) is 7.81. The SMILES string of the molecule is C=CC1=CC[C@H]2C(=O)C(c3ccccc3)=CC(=O)[C@@]2(c2ccccc2)[C@H]1C=Cc1cc(OC)c(O)c(OC)c1. The number of hydrogen-bond donors (Lipinski definition) is 1. The summed E-state index contributed by atoms with van der Waals surface area (Å²) >= 11 is 0. The van der Waals surface area contributed by atoms with E-state index in [1.807, 2.05) is 78.9 Å². The smallest absolute Gasteiger partial charge is 0.200 e. The maximum Gasteiger partial charge on any atom is 0.200 e. The summed E-state index contributed by atoms with van der Waals surface area (Å²) in [5, 5.41) is 10.4. The molecule has 0 unspecified atom stereocenters. The summed E-state index contributed by atoms with van der Waals surface area (Å²) < 4.78 is 10.6. The Balaban J connectivity index is 1.71. The summed E-state index contributed by atoms with van der Waals surface area (Å²) in [5.74, 6) is -0.759. The van der Waals surface area contributed by atoms with E-state index in [1.54, 1.807) is 18.2 Å². The van der Waals surface area contributed by atoms with Gasteiger partial charge in [0.25, 0.3) is 0 Å². The van der Waals surface area contributed by atoms with Gasteiger partial charge in [0.15, 0.2) is 23.1 Å². The van der Waals surface area contributed by atoms with Crippen LogP contribution in [0.2, 0.25) is 0 Å². The molecule has 0 amide bonds. The number of phenols is 1. The number of carbonyl (C=O) groups is 2. The van der Waals surface area contributed by atoms with Gasteiger partial charge in [0.05, 0.1) is 19.6 Å². The molecular formula is C34H30O5. The van der Waals surface area contributed by atoms with Crippen LogP contribution in [-0.4, -0.2) is 30.9 Å². The fourth-order valence-corrected chi connectivity index (χ4v) is 5.97. The predicted molar refractivity (Wildman–Crippen MR) is 153 cm³/mol. The van der Waals surface area contributed by atoms with Crippen molar-refractivity contribution in [1.82, 2.24) is 0 Å². The quantitative estimate of drug-likeness (QED) is 0.395. The molecule has 0 aromatic heterocycles. The van der Waals surface area contributed by atoms with E-state index >= 15 is 0 Å². The molecule has 0 radical (unpaired) electrons. The number of fused-ring (bicyclic) bond motifs is 1. The summed E-state index contributed by atoms with van der Waals surface area (Å²) in [5.41, 5.74) is 2.43. The highest BCUT2D eigenvalue weighted by Gasteiger charge is 2.58. The molecule has 3 atom stereocenters. The van der Waals surface area contributed by atoms with Crippen LogP contribution in [-0.2, 0) is 15.0 Å². The number of methoxy groups -OCH3 is 2. The van der Waals surface area contributed by atoms with Crippen molar-refractivity contribution in [2.45, 2.75) is 11.8 Å². The van der Waals surface area contributed by atoms with Crippen LogP contribution in [0.25, 0.3) is 11.6 Å². The maximum atomic E-state index is 14.4. The van der Waals surface area contributed by atoms with Gasteiger partial charge in [0.1, 0.15) is 0 Å². The second-order valence-corrected chi connectivity index (χ2v) is 9.69. The second-order valence-electron chi connectivity index (χ2n) is 9.69. The zero-order chi connectivity index (χ0) is 27.6. The van der Waals surface area contributed by atoms with Crippen LogP contribution in [0.3, 0.4) is 0 Å². The summed E-state index contributed by atoms with van der Waals surface area (Å²) in [7, 11) is 2.94. The van der Waals surface area contributed by atoms with Gasteiger partial charge in [-0.2, -0.15) is 0 Å². The molecule has 0 saturated heterocycles. The number of ether oxygens (including phenoxy) is 2. The molecule has 196 valence electrons. The van der Waals surface area contributed by atoms with Gasteiger partial charge in [-0.1, -0.05) is 91.5 Å². The number of carbonyl (C=O) groups excluding carboxylic acids is 2. The normalized spacial score (nSPS) is 22.6. The Morgan fingerprint density at radius 3 is 2.15 bits per heavy atom. The molecule has 0 aliphatic heterocycles. The highest BCUT2D eigenvalue weighted by molar-refractivity contribution is 6.31. The van der Waals surface area contributed by atoms with E-state index in [2.05, 4.69) is 6.58 Å². The van der Waals surface area contributed by atoms with Gasteiger partial charge < -0.3 is 14.6 Å². The summed E-state index contributed by atoms with van der Waals surface area (Å²) in [6, 6.07) is 22.3. The lowest BCUT2D eigenvalue weighted by molar-refractivity contribution is -0.132. The van der Waals surface area contributed by atoms with Gasteiger partial charge in [0, 0.05) is 17.4 Å². The number of rotatable bonds is 7. The van der Waals surface area contributed by atoms with E-state index in [0.29, 0.717) is 17.6 Å². The fourth-order valence-electron chi connectivity index (χ4n) is 5.97. The van der Waals surface area contributed by atoms with Gasteiger partial charge >= 0.3 is 0 Å². The molecule has 0 fully saturated rings. The van der Waals surface area contributed by atoms with Crippen molar-refractivity contribution in [2.24, 2.45) is 11.8 Å². The standard InChI is InChI=1S/C34H30O5/c1-4-23-16-18-28-32(36)26(24-11-7-5-8-12-24)21-31(35)34(28,25-13-9-6-10-14-25)27(23)17-15-22-19-29(38-2)33(37)30(20-22)39-3/h4-17,19-21,27-28,37H,1,18H2,2-3H3/t27-,28-,34-/m0/s1. The van der Waals surface area contributed by atoms with Crippen molar-refractivity contribution in [3.05, 3.63) is 126 Å².